The molecular weight excluding hydrogens is 217 g/mol. The van der Waals surface area contributed by atoms with Crippen LogP contribution in [0.2, 0.25) is 0 Å². The Bertz CT molecular complexity index is 450. The molecular formula is C14H16FNO. The first-order valence-corrected chi connectivity index (χ1v) is 5.78. The summed E-state index contributed by atoms with van der Waals surface area (Å²) in [5.74, 6) is -0.627. The van der Waals surface area contributed by atoms with E-state index in [1.165, 1.54) is 17.7 Å². The van der Waals surface area contributed by atoms with Gasteiger partial charge >= 0.3 is 0 Å². The lowest BCUT2D eigenvalue weighted by Crippen LogP contribution is -2.30. The molecule has 0 unspecified atom stereocenters. The molecule has 1 amide bonds. The van der Waals surface area contributed by atoms with Crippen LogP contribution in [-0.2, 0) is 4.79 Å². The molecule has 0 saturated heterocycles. The Labute approximate surface area is 100 Å². The SMILES string of the molecule is CC1=CC[C@H](C(N)=O)[C@H](c2ccc(F)cc2)C1. The highest BCUT2D eigenvalue weighted by Gasteiger charge is 2.29. The molecule has 2 atom stereocenters. The van der Waals surface area contributed by atoms with Crippen LogP contribution in [0.1, 0.15) is 31.2 Å². The van der Waals surface area contributed by atoms with Crippen LogP contribution in [0, 0.1) is 11.7 Å². The van der Waals surface area contributed by atoms with Gasteiger partial charge in [0, 0.05) is 5.92 Å². The Morgan fingerprint density at radius 3 is 2.59 bits per heavy atom. The van der Waals surface area contributed by atoms with E-state index in [0.717, 1.165) is 12.0 Å². The monoisotopic (exact) mass is 233 g/mol. The lowest BCUT2D eigenvalue weighted by atomic mass is 9.76. The summed E-state index contributed by atoms with van der Waals surface area (Å²) in [7, 11) is 0. The molecule has 2 rings (SSSR count). The van der Waals surface area contributed by atoms with Crippen molar-refractivity contribution in [2.24, 2.45) is 11.7 Å². The minimum Gasteiger partial charge on any atom is -0.369 e. The zero-order valence-corrected chi connectivity index (χ0v) is 9.82. The number of hydrogen-bond donors (Lipinski definition) is 1. The van der Waals surface area contributed by atoms with Gasteiger partial charge in [-0.15, -0.1) is 0 Å². The number of allylic oxidation sites excluding steroid dienone is 2. The van der Waals surface area contributed by atoms with E-state index < -0.39 is 0 Å². The summed E-state index contributed by atoms with van der Waals surface area (Å²) in [5, 5.41) is 0. The van der Waals surface area contributed by atoms with Crippen LogP contribution in [0.15, 0.2) is 35.9 Å². The normalized spacial score (nSPS) is 24.2. The van der Waals surface area contributed by atoms with E-state index in [-0.39, 0.29) is 23.6 Å². The van der Waals surface area contributed by atoms with Crippen molar-refractivity contribution in [2.45, 2.75) is 25.7 Å². The molecule has 0 bridgehead atoms. The van der Waals surface area contributed by atoms with E-state index in [1.807, 2.05) is 6.92 Å². The molecule has 0 aromatic heterocycles. The average Bonchev–Trinajstić information content (AvgIpc) is 2.29. The van der Waals surface area contributed by atoms with Gasteiger partial charge in [0.1, 0.15) is 5.82 Å². The third-order valence-electron chi connectivity index (χ3n) is 3.41. The van der Waals surface area contributed by atoms with E-state index >= 15 is 0 Å². The lowest BCUT2D eigenvalue weighted by molar-refractivity contribution is -0.122. The van der Waals surface area contributed by atoms with Crippen LogP contribution in [0.3, 0.4) is 0 Å². The molecule has 17 heavy (non-hydrogen) atoms. The second-order valence-corrected chi connectivity index (χ2v) is 4.66. The maximum absolute atomic E-state index is 12.9. The fourth-order valence-electron chi connectivity index (χ4n) is 2.44. The van der Waals surface area contributed by atoms with Gasteiger partial charge < -0.3 is 5.73 Å². The van der Waals surface area contributed by atoms with Gasteiger partial charge in [-0.1, -0.05) is 23.8 Å². The number of hydrogen-bond acceptors (Lipinski definition) is 1. The number of halogens is 1. The highest BCUT2D eigenvalue weighted by molar-refractivity contribution is 5.78. The van der Waals surface area contributed by atoms with Gasteiger partial charge in [-0.05, 0) is 43.4 Å². The average molecular weight is 233 g/mol. The van der Waals surface area contributed by atoms with Crippen molar-refractivity contribution in [3.63, 3.8) is 0 Å². The second-order valence-electron chi connectivity index (χ2n) is 4.66. The van der Waals surface area contributed by atoms with Crippen LogP contribution < -0.4 is 5.73 Å². The number of benzene rings is 1. The van der Waals surface area contributed by atoms with Crippen LogP contribution in [0.5, 0.6) is 0 Å². The molecule has 1 aliphatic rings. The minimum absolute atomic E-state index is 0.0816. The number of carbonyl (C=O) groups excluding carboxylic acids is 1. The van der Waals surface area contributed by atoms with Gasteiger partial charge in [0.25, 0.3) is 0 Å². The summed E-state index contributed by atoms with van der Waals surface area (Å²) in [4.78, 5) is 11.4. The Hall–Kier alpha value is -1.64. The molecule has 0 fully saturated rings. The molecule has 1 aromatic rings. The molecule has 0 radical (unpaired) electrons. The quantitative estimate of drug-likeness (QED) is 0.784. The van der Waals surface area contributed by atoms with Gasteiger partial charge in [0.05, 0.1) is 0 Å². The third kappa shape index (κ3) is 2.54. The minimum atomic E-state index is -0.275. The van der Waals surface area contributed by atoms with E-state index in [2.05, 4.69) is 6.08 Å². The van der Waals surface area contributed by atoms with Crippen LogP contribution in [0.4, 0.5) is 4.39 Å². The predicted octanol–water partition coefficient (Wildman–Crippen LogP) is 2.75. The summed E-state index contributed by atoms with van der Waals surface area (Å²) < 4.78 is 12.9. The first-order valence-electron chi connectivity index (χ1n) is 5.78. The van der Waals surface area contributed by atoms with Crippen molar-refractivity contribution in [3.8, 4) is 0 Å². The lowest BCUT2D eigenvalue weighted by Gasteiger charge is -2.28. The topological polar surface area (TPSA) is 43.1 Å². The van der Waals surface area contributed by atoms with Crippen LogP contribution in [0.25, 0.3) is 0 Å². The number of nitrogens with two attached hydrogens (primary N) is 1. The van der Waals surface area contributed by atoms with Gasteiger partial charge in [-0.25, -0.2) is 4.39 Å². The van der Waals surface area contributed by atoms with E-state index in [1.54, 1.807) is 12.1 Å². The summed E-state index contributed by atoms with van der Waals surface area (Å²) in [5.41, 5.74) is 7.68. The summed E-state index contributed by atoms with van der Waals surface area (Å²) in [6, 6.07) is 6.35. The van der Waals surface area contributed by atoms with Crippen molar-refractivity contribution >= 4 is 5.91 Å². The van der Waals surface area contributed by atoms with E-state index in [4.69, 9.17) is 5.73 Å². The van der Waals surface area contributed by atoms with Gasteiger partial charge in [-0.2, -0.15) is 0 Å². The van der Waals surface area contributed by atoms with Gasteiger partial charge in [0.15, 0.2) is 0 Å². The highest BCUT2D eigenvalue weighted by atomic mass is 19.1. The third-order valence-corrected chi connectivity index (χ3v) is 3.41. The first-order chi connectivity index (χ1) is 8.08. The molecule has 1 aliphatic carbocycles. The zero-order chi connectivity index (χ0) is 12.4. The summed E-state index contributed by atoms with van der Waals surface area (Å²) in [6.07, 6.45) is 3.57. The molecule has 2 N–H and O–H groups in total. The van der Waals surface area contributed by atoms with Crippen molar-refractivity contribution < 1.29 is 9.18 Å². The smallest absolute Gasteiger partial charge is 0.221 e. The number of primary amides is 1. The Kier molecular flexibility index (Phi) is 3.27. The Morgan fingerprint density at radius 2 is 2.00 bits per heavy atom. The Morgan fingerprint density at radius 1 is 1.35 bits per heavy atom. The molecule has 0 saturated carbocycles. The first kappa shape index (κ1) is 11.8. The predicted molar refractivity (Wildman–Crippen MR) is 64.8 cm³/mol. The van der Waals surface area contributed by atoms with Crippen molar-refractivity contribution in [1.82, 2.24) is 0 Å². The van der Waals surface area contributed by atoms with Crippen molar-refractivity contribution in [2.75, 3.05) is 0 Å². The van der Waals surface area contributed by atoms with Crippen LogP contribution in [-0.4, -0.2) is 5.91 Å². The van der Waals surface area contributed by atoms with E-state index in [9.17, 15) is 9.18 Å². The van der Waals surface area contributed by atoms with Gasteiger partial charge in [-0.3, -0.25) is 4.79 Å². The Balaban J connectivity index is 2.31. The largest absolute Gasteiger partial charge is 0.369 e. The number of amides is 1. The van der Waals surface area contributed by atoms with Crippen molar-refractivity contribution in [1.29, 1.82) is 0 Å². The number of rotatable bonds is 2. The standard InChI is InChI=1S/C14H16FNO/c1-9-2-7-12(14(16)17)13(8-9)10-3-5-11(15)6-4-10/h2-6,12-13H,7-8H2,1H3,(H2,16,17)/t12-,13-/m0/s1. The van der Waals surface area contributed by atoms with E-state index in [0.29, 0.717) is 6.42 Å². The highest BCUT2D eigenvalue weighted by Crippen LogP contribution is 2.37. The van der Waals surface area contributed by atoms with Crippen LogP contribution >= 0.6 is 0 Å². The molecule has 3 heteroatoms. The maximum Gasteiger partial charge on any atom is 0.221 e. The molecule has 0 heterocycles. The zero-order valence-electron chi connectivity index (χ0n) is 9.82. The fourth-order valence-corrected chi connectivity index (χ4v) is 2.44. The molecule has 0 spiro atoms. The number of carbonyl (C=O) groups is 1. The fraction of sp³-hybridized carbons (Fsp3) is 0.357. The van der Waals surface area contributed by atoms with Gasteiger partial charge in [0.2, 0.25) is 5.91 Å². The van der Waals surface area contributed by atoms with Crippen molar-refractivity contribution in [3.05, 3.63) is 47.3 Å². The molecule has 90 valence electrons. The molecule has 0 aliphatic heterocycles. The molecule has 2 nitrogen and oxygen atoms in total. The maximum atomic E-state index is 12.9. The summed E-state index contributed by atoms with van der Waals surface area (Å²) in [6.45, 7) is 2.05. The second kappa shape index (κ2) is 4.70. The molecule has 1 aromatic carbocycles. The summed E-state index contributed by atoms with van der Waals surface area (Å²) >= 11 is 0.